The number of nitrogens with one attached hydrogen (secondary N) is 1. The van der Waals surface area contributed by atoms with E-state index in [1.807, 2.05) is 26.2 Å². The number of thiazole rings is 1. The maximum Gasteiger partial charge on any atom is 0.226 e. The predicted molar refractivity (Wildman–Crippen MR) is 88.3 cm³/mol. The van der Waals surface area contributed by atoms with E-state index >= 15 is 0 Å². The average molecular weight is 334 g/mol. The lowest BCUT2D eigenvalue weighted by atomic mass is 9.97. The quantitative estimate of drug-likeness (QED) is 0.910. The van der Waals surface area contributed by atoms with Gasteiger partial charge in [-0.2, -0.15) is 5.10 Å². The molecular formula is C16H22N4O2S. The van der Waals surface area contributed by atoms with Crippen molar-refractivity contribution in [1.29, 1.82) is 0 Å². The molecule has 6 nitrogen and oxygen atoms in total. The molecule has 0 bridgehead atoms. The van der Waals surface area contributed by atoms with E-state index in [0.29, 0.717) is 13.2 Å². The number of carbonyl (C=O) groups excluding carboxylic acids is 1. The summed E-state index contributed by atoms with van der Waals surface area (Å²) in [6, 6.07) is 1.91. The summed E-state index contributed by atoms with van der Waals surface area (Å²) in [6.45, 7) is 5.33. The van der Waals surface area contributed by atoms with E-state index in [9.17, 15) is 4.79 Å². The molecule has 0 aromatic carbocycles. The second-order valence-electron chi connectivity index (χ2n) is 6.02. The fraction of sp³-hybridized carbons (Fsp3) is 0.562. The van der Waals surface area contributed by atoms with Gasteiger partial charge in [0.1, 0.15) is 6.10 Å². The molecule has 3 rings (SSSR count). The molecule has 0 spiro atoms. The highest BCUT2D eigenvalue weighted by Gasteiger charge is 2.36. The van der Waals surface area contributed by atoms with Crippen LogP contribution in [0, 0.1) is 12.8 Å². The number of aryl methyl sites for hydroxylation is 2. The molecule has 0 aliphatic carbocycles. The Morgan fingerprint density at radius 3 is 3.09 bits per heavy atom. The summed E-state index contributed by atoms with van der Waals surface area (Å²) in [4.78, 5) is 18.1. The monoisotopic (exact) mass is 334 g/mol. The molecule has 124 valence electrons. The molecule has 1 saturated heterocycles. The number of ether oxygens (including phenoxy) is 1. The van der Waals surface area contributed by atoms with Crippen LogP contribution in [-0.4, -0.2) is 33.8 Å². The maximum absolute atomic E-state index is 12.6. The van der Waals surface area contributed by atoms with E-state index in [4.69, 9.17) is 4.74 Å². The highest BCUT2D eigenvalue weighted by atomic mass is 32.1. The first-order chi connectivity index (χ1) is 11.1. The van der Waals surface area contributed by atoms with Crippen LogP contribution >= 0.6 is 11.3 Å². The zero-order valence-electron chi connectivity index (χ0n) is 13.7. The molecule has 2 aromatic heterocycles. The van der Waals surface area contributed by atoms with Gasteiger partial charge in [-0.25, -0.2) is 4.98 Å². The molecule has 23 heavy (non-hydrogen) atoms. The van der Waals surface area contributed by atoms with E-state index < -0.39 is 0 Å². The first-order valence-corrected chi connectivity index (χ1v) is 8.67. The number of hydrogen-bond acceptors (Lipinski definition) is 5. The molecule has 0 radical (unpaired) electrons. The summed E-state index contributed by atoms with van der Waals surface area (Å²) in [5, 5.41) is 8.29. The van der Waals surface area contributed by atoms with Gasteiger partial charge >= 0.3 is 0 Å². The van der Waals surface area contributed by atoms with Gasteiger partial charge in [-0.1, -0.05) is 6.92 Å². The molecule has 0 unspecified atom stereocenters. The minimum absolute atomic E-state index is 0.0498. The number of carbonyl (C=O) groups is 1. The van der Waals surface area contributed by atoms with Crippen molar-refractivity contribution in [3.8, 4) is 0 Å². The van der Waals surface area contributed by atoms with Crippen molar-refractivity contribution in [2.75, 3.05) is 13.2 Å². The molecule has 3 atom stereocenters. The normalized spacial score (nSPS) is 22.2. The van der Waals surface area contributed by atoms with Crippen LogP contribution in [0.5, 0.6) is 0 Å². The Bertz CT molecular complexity index is 681. The van der Waals surface area contributed by atoms with E-state index in [0.717, 1.165) is 17.1 Å². The van der Waals surface area contributed by atoms with Crippen molar-refractivity contribution >= 4 is 17.2 Å². The molecule has 1 N–H and O–H groups in total. The minimum atomic E-state index is -0.208. The minimum Gasteiger partial charge on any atom is -0.371 e. The molecular weight excluding hydrogens is 312 g/mol. The number of nitrogens with zero attached hydrogens (tertiary/aromatic N) is 3. The lowest BCUT2D eigenvalue weighted by molar-refractivity contribution is -0.126. The molecule has 2 aromatic rings. The Morgan fingerprint density at radius 2 is 2.43 bits per heavy atom. The van der Waals surface area contributed by atoms with Crippen LogP contribution in [0.2, 0.25) is 0 Å². The van der Waals surface area contributed by atoms with Gasteiger partial charge in [0.2, 0.25) is 5.91 Å². The van der Waals surface area contributed by atoms with Crippen LogP contribution in [0.1, 0.15) is 40.9 Å². The number of rotatable bonds is 5. The van der Waals surface area contributed by atoms with Gasteiger partial charge in [0.15, 0.2) is 0 Å². The summed E-state index contributed by atoms with van der Waals surface area (Å²) >= 11 is 1.68. The van der Waals surface area contributed by atoms with E-state index in [-0.39, 0.29) is 23.8 Å². The van der Waals surface area contributed by atoms with Crippen molar-refractivity contribution in [2.24, 2.45) is 13.0 Å². The number of aromatic nitrogens is 3. The molecule has 1 aliphatic heterocycles. The van der Waals surface area contributed by atoms with Crippen LogP contribution in [0.15, 0.2) is 18.5 Å². The average Bonchev–Trinajstić information content (AvgIpc) is 3.24. The van der Waals surface area contributed by atoms with Crippen LogP contribution in [0.4, 0.5) is 0 Å². The van der Waals surface area contributed by atoms with Crippen molar-refractivity contribution in [2.45, 2.75) is 32.3 Å². The smallest absolute Gasteiger partial charge is 0.226 e. The summed E-state index contributed by atoms with van der Waals surface area (Å²) in [5.74, 6) is 0.111. The molecule has 1 amide bonds. The number of amides is 1. The lowest BCUT2D eigenvalue weighted by Crippen LogP contribution is -2.35. The van der Waals surface area contributed by atoms with Crippen LogP contribution in [0.25, 0.3) is 0 Å². The maximum atomic E-state index is 12.6. The second kappa shape index (κ2) is 6.80. The third-order valence-electron chi connectivity index (χ3n) is 4.22. The van der Waals surface area contributed by atoms with Crippen molar-refractivity contribution in [3.05, 3.63) is 34.0 Å². The van der Waals surface area contributed by atoms with Crippen LogP contribution < -0.4 is 5.32 Å². The highest BCUT2D eigenvalue weighted by Crippen LogP contribution is 2.34. The van der Waals surface area contributed by atoms with Gasteiger partial charge in [0, 0.05) is 43.4 Å². The van der Waals surface area contributed by atoms with Crippen LogP contribution in [-0.2, 0) is 16.6 Å². The van der Waals surface area contributed by atoms with Gasteiger partial charge in [-0.05, 0) is 19.4 Å². The third kappa shape index (κ3) is 3.45. The van der Waals surface area contributed by atoms with Crippen LogP contribution in [0.3, 0.4) is 0 Å². The zero-order valence-corrected chi connectivity index (χ0v) is 14.5. The van der Waals surface area contributed by atoms with Gasteiger partial charge in [-0.3, -0.25) is 9.48 Å². The second-order valence-corrected chi connectivity index (χ2v) is 7.29. The fourth-order valence-electron chi connectivity index (χ4n) is 2.88. The van der Waals surface area contributed by atoms with E-state index in [2.05, 4.69) is 22.3 Å². The fourth-order valence-corrected chi connectivity index (χ4v) is 3.71. The first-order valence-electron chi connectivity index (χ1n) is 7.86. The predicted octanol–water partition coefficient (Wildman–Crippen LogP) is 2.18. The SMILES string of the molecule is Cc1cnc([C@H](C)CNC(=O)[C@@H]2CCO[C@H]2c2ccnn2C)s1. The molecule has 3 heterocycles. The first kappa shape index (κ1) is 16.1. The Kier molecular flexibility index (Phi) is 4.77. The summed E-state index contributed by atoms with van der Waals surface area (Å²) in [7, 11) is 1.87. The Hall–Kier alpha value is -1.73. The van der Waals surface area contributed by atoms with Gasteiger partial charge in [0.25, 0.3) is 0 Å². The van der Waals surface area contributed by atoms with Gasteiger partial charge in [0.05, 0.1) is 16.6 Å². The van der Waals surface area contributed by atoms with E-state index in [1.54, 1.807) is 22.2 Å². The summed E-state index contributed by atoms with van der Waals surface area (Å²) in [6.07, 6.45) is 4.15. The largest absolute Gasteiger partial charge is 0.371 e. The summed E-state index contributed by atoms with van der Waals surface area (Å²) < 4.78 is 7.55. The topological polar surface area (TPSA) is 69.0 Å². The van der Waals surface area contributed by atoms with Gasteiger partial charge < -0.3 is 10.1 Å². The Balaban J connectivity index is 1.60. The van der Waals surface area contributed by atoms with Crippen molar-refractivity contribution in [3.63, 3.8) is 0 Å². The Morgan fingerprint density at radius 1 is 1.61 bits per heavy atom. The molecule has 1 fully saturated rings. The molecule has 0 saturated carbocycles. The van der Waals surface area contributed by atoms with Crippen molar-refractivity contribution in [1.82, 2.24) is 20.1 Å². The van der Waals surface area contributed by atoms with Crippen molar-refractivity contribution < 1.29 is 9.53 Å². The third-order valence-corrected chi connectivity index (χ3v) is 5.37. The highest BCUT2D eigenvalue weighted by molar-refractivity contribution is 7.11. The molecule has 1 aliphatic rings. The number of hydrogen-bond donors (Lipinski definition) is 1. The van der Waals surface area contributed by atoms with Gasteiger partial charge in [-0.15, -0.1) is 11.3 Å². The zero-order chi connectivity index (χ0) is 16.4. The standard InChI is InChI=1S/C16H22N4O2S/c1-10(16-18-9-11(2)23-16)8-17-15(21)12-5-7-22-14(12)13-4-6-19-20(13)3/h4,6,9-10,12,14H,5,7-8H2,1-3H3,(H,17,21)/t10-,12-,14-/m1/s1. The lowest BCUT2D eigenvalue weighted by Gasteiger charge is -2.19. The summed E-state index contributed by atoms with van der Waals surface area (Å²) in [5.41, 5.74) is 0.950. The Labute approximate surface area is 139 Å². The van der Waals surface area contributed by atoms with E-state index in [1.165, 1.54) is 4.88 Å². The molecule has 7 heteroatoms.